The lowest BCUT2D eigenvalue weighted by Crippen LogP contribution is -2.26. The molecule has 0 heterocycles. The highest BCUT2D eigenvalue weighted by Crippen LogP contribution is 2.56. The van der Waals surface area contributed by atoms with E-state index in [0.717, 1.165) is 24.2 Å². The van der Waals surface area contributed by atoms with Gasteiger partial charge in [-0.1, -0.05) is 48.0 Å². The molecular formula is C17H18ClNO. The Hall–Kier alpha value is -1.51. The third-order valence-corrected chi connectivity index (χ3v) is 4.60. The normalized spacial score (nSPS) is 17.6. The molecule has 0 saturated heterocycles. The van der Waals surface area contributed by atoms with E-state index in [4.69, 9.17) is 22.1 Å². The minimum atomic E-state index is -0.0803. The van der Waals surface area contributed by atoms with Crippen molar-refractivity contribution in [3.8, 4) is 5.75 Å². The molecule has 20 heavy (non-hydrogen) atoms. The van der Waals surface area contributed by atoms with Gasteiger partial charge in [0.25, 0.3) is 0 Å². The van der Waals surface area contributed by atoms with Crippen LogP contribution in [0.15, 0.2) is 48.5 Å². The van der Waals surface area contributed by atoms with Crippen LogP contribution in [0.5, 0.6) is 5.75 Å². The second-order valence-electron chi connectivity index (χ2n) is 5.39. The van der Waals surface area contributed by atoms with Gasteiger partial charge in [0.15, 0.2) is 0 Å². The molecule has 2 aromatic carbocycles. The predicted octanol–water partition coefficient (Wildman–Crippen LogP) is 4.08. The van der Waals surface area contributed by atoms with Gasteiger partial charge in [0.05, 0.1) is 7.11 Å². The number of ether oxygens (including phenoxy) is 1. The first-order chi connectivity index (χ1) is 9.67. The lowest BCUT2D eigenvalue weighted by molar-refractivity contribution is 0.414. The first kappa shape index (κ1) is 13.5. The molecule has 0 amide bonds. The fraction of sp³-hybridized carbons (Fsp3) is 0.294. The summed E-state index contributed by atoms with van der Waals surface area (Å²) < 4.78 is 5.19. The molecule has 1 saturated carbocycles. The molecule has 3 rings (SSSR count). The van der Waals surface area contributed by atoms with Crippen molar-refractivity contribution >= 4 is 11.6 Å². The SMILES string of the molecule is COc1ccc(C(N)C2(c3ccccc3)CC2)c(Cl)c1. The standard InChI is InChI=1S/C17H18ClNO/c1-20-13-7-8-14(15(18)11-13)16(19)17(9-10-17)12-5-3-2-4-6-12/h2-8,11,16H,9-10,19H2,1H3. The summed E-state index contributed by atoms with van der Waals surface area (Å²) in [5, 5.41) is 0.680. The Morgan fingerprint density at radius 3 is 2.40 bits per heavy atom. The predicted molar refractivity (Wildman–Crippen MR) is 82.3 cm³/mol. The van der Waals surface area contributed by atoms with Crippen molar-refractivity contribution in [2.75, 3.05) is 7.11 Å². The zero-order valence-corrected chi connectivity index (χ0v) is 12.2. The van der Waals surface area contributed by atoms with Crippen LogP contribution in [0.25, 0.3) is 0 Å². The van der Waals surface area contributed by atoms with Crippen molar-refractivity contribution in [3.63, 3.8) is 0 Å². The second kappa shape index (κ2) is 5.12. The van der Waals surface area contributed by atoms with Crippen molar-refractivity contribution in [1.29, 1.82) is 0 Å². The van der Waals surface area contributed by atoms with Crippen LogP contribution in [0.4, 0.5) is 0 Å². The largest absolute Gasteiger partial charge is 0.497 e. The van der Waals surface area contributed by atoms with Crippen LogP contribution in [0.3, 0.4) is 0 Å². The Kier molecular flexibility index (Phi) is 3.45. The first-order valence-corrected chi connectivity index (χ1v) is 7.20. The number of halogens is 1. The minimum Gasteiger partial charge on any atom is -0.497 e. The van der Waals surface area contributed by atoms with Gasteiger partial charge < -0.3 is 10.5 Å². The summed E-state index contributed by atoms with van der Waals surface area (Å²) in [4.78, 5) is 0. The minimum absolute atomic E-state index is 0.0412. The Morgan fingerprint density at radius 2 is 1.85 bits per heavy atom. The van der Waals surface area contributed by atoms with Gasteiger partial charge in [-0.2, -0.15) is 0 Å². The maximum Gasteiger partial charge on any atom is 0.120 e. The summed E-state index contributed by atoms with van der Waals surface area (Å²) in [6.45, 7) is 0. The van der Waals surface area contributed by atoms with E-state index in [9.17, 15) is 0 Å². The lowest BCUT2D eigenvalue weighted by Gasteiger charge is -2.25. The van der Waals surface area contributed by atoms with Gasteiger partial charge in [-0.05, 0) is 36.1 Å². The average molecular weight is 288 g/mol. The quantitative estimate of drug-likeness (QED) is 0.919. The molecule has 3 heteroatoms. The second-order valence-corrected chi connectivity index (χ2v) is 5.79. The summed E-state index contributed by atoms with van der Waals surface area (Å²) >= 11 is 6.36. The number of benzene rings is 2. The molecule has 2 aromatic rings. The molecule has 0 radical (unpaired) electrons. The third kappa shape index (κ3) is 2.19. The maximum atomic E-state index is 6.53. The van der Waals surface area contributed by atoms with Gasteiger partial charge in [0.2, 0.25) is 0 Å². The molecule has 2 N–H and O–H groups in total. The molecule has 1 fully saturated rings. The lowest BCUT2D eigenvalue weighted by atomic mass is 9.84. The zero-order chi connectivity index (χ0) is 14.2. The van der Waals surface area contributed by atoms with E-state index in [1.54, 1.807) is 7.11 Å². The number of methoxy groups -OCH3 is 1. The van der Waals surface area contributed by atoms with E-state index in [2.05, 4.69) is 24.3 Å². The fourth-order valence-corrected chi connectivity index (χ4v) is 3.16. The molecule has 1 aliphatic carbocycles. The monoisotopic (exact) mass is 287 g/mol. The van der Waals surface area contributed by atoms with E-state index in [1.807, 2.05) is 24.3 Å². The van der Waals surface area contributed by atoms with Crippen LogP contribution in [-0.4, -0.2) is 7.11 Å². The zero-order valence-electron chi connectivity index (χ0n) is 11.5. The van der Waals surface area contributed by atoms with Gasteiger partial charge in [-0.3, -0.25) is 0 Å². The van der Waals surface area contributed by atoms with Crippen molar-refractivity contribution in [2.24, 2.45) is 5.73 Å². The molecule has 1 atom stereocenters. The van der Waals surface area contributed by atoms with Crippen LogP contribution in [0, 0.1) is 0 Å². The van der Waals surface area contributed by atoms with E-state index in [0.29, 0.717) is 5.02 Å². The van der Waals surface area contributed by atoms with Crippen molar-refractivity contribution < 1.29 is 4.74 Å². The Bertz CT molecular complexity index is 608. The van der Waals surface area contributed by atoms with Gasteiger partial charge in [0.1, 0.15) is 5.75 Å². The highest BCUT2D eigenvalue weighted by atomic mass is 35.5. The smallest absolute Gasteiger partial charge is 0.120 e. The van der Waals surface area contributed by atoms with Gasteiger partial charge in [-0.25, -0.2) is 0 Å². The Balaban J connectivity index is 1.95. The fourth-order valence-electron chi connectivity index (χ4n) is 2.87. The van der Waals surface area contributed by atoms with E-state index in [-0.39, 0.29) is 11.5 Å². The highest BCUT2D eigenvalue weighted by molar-refractivity contribution is 6.31. The average Bonchev–Trinajstić information content (AvgIpc) is 3.29. The van der Waals surface area contributed by atoms with Crippen molar-refractivity contribution in [2.45, 2.75) is 24.3 Å². The first-order valence-electron chi connectivity index (χ1n) is 6.82. The van der Waals surface area contributed by atoms with E-state index >= 15 is 0 Å². The van der Waals surface area contributed by atoms with Crippen LogP contribution in [0.2, 0.25) is 5.02 Å². The van der Waals surface area contributed by atoms with E-state index in [1.165, 1.54) is 5.56 Å². The molecule has 0 aromatic heterocycles. The van der Waals surface area contributed by atoms with Gasteiger partial charge in [-0.15, -0.1) is 0 Å². The van der Waals surface area contributed by atoms with Crippen LogP contribution >= 0.6 is 11.6 Å². The number of hydrogen-bond acceptors (Lipinski definition) is 2. The molecule has 2 nitrogen and oxygen atoms in total. The summed E-state index contributed by atoms with van der Waals surface area (Å²) in [5.74, 6) is 0.760. The molecule has 0 bridgehead atoms. The summed E-state index contributed by atoms with van der Waals surface area (Å²) in [6, 6.07) is 16.1. The molecule has 1 unspecified atom stereocenters. The highest BCUT2D eigenvalue weighted by Gasteiger charge is 2.50. The van der Waals surface area contributed by atoms with E-state index < -0.39 is 0 Å². The molecular weight excluding hydrogens is 270 g/mol. The van der Waals surface area contributed by atoms with Gasteiger partial charge in [0, 0.05) is 16.5 Å². The maximum absolute atomic E-state index is 6.53. The summed E-state index contributed by atoms with van der Waals surface area (Å²) in [6.07, 6.45) is 2.22. The Morgan fingerprint density at radius 1 is 1.15 bits per heavy atom. The Labute approximate surface area is 124 Å². The van der Waals surface area contributed by atoms with Crippen molar-refractivity contribution in [1.82, 2.24) is 0 Å². The number of nitrogens with two attached hydrogens (primary N) is 1. The van der Waals surface area contributed by atoms with Crippen LogP contribution in [-0.2, 0) is 5.41 Å². The number of hydrogen-bond donors (Lipinski definition) is 1. The number of rotatable bonds is 4. The van der Waals surface area contributed by atoms with Crippen LogP contribution in [0.1, 0.15) is 30.0 Å². The molecule has 104 valence electrons. The van der Waals surface area contributed by atoms with Crippen LogP contribution < -0.4 is 10.5 Å². The molecule has 1 aliphatic rings. The summed E-state index contributed by atoms with van der Waals surface area (Å²) in [7, 11) is 1.64. The molecule has 0 spiro atoms. The topological polar surface area (TPSA) is 35.2 Å². The summed E-state index contributed by atoms with van der Waals surface area (Å²) in [5.41, 5.74) is 8.87. The van der Waals surface area contributed by atoms with Crippen molar-refractivity contribution in [3.05, 3.63) is 64.7 Å². The third-order valence-electron chi connectivity index (χ3n) is 4.28. The molecule has 0 aliphatic heterocycles. The van der Waals surface area contributed by atoms with Gasteiger partial charge >= 0.3 is 0 Å².